The van der Waals surface area contributed by atoms with Gasteiger partial charge in [0.15, 0.2) is 0 Å². The van der Waals surface area contributed by atoms with Crippen molar-refractivity contribution >= 4 is 12.4 Å². The van der Waals surface area contributed by atoms with Gasteiger partial charge in [0.1, 0.15) is 6.10 Å². The van der Waals surface area contributed by atoms with Crippen LogP contribution in [0, 0.1) is 0 Å². The summed E-state index contributed by atoms with van der Waals surface area (Å²) in [6.07, 6.45) is 40.0. The Balaban J connectivity index is 0. The number of carbonyl (C=O) groups is 2. The molecule has 0 aromatic carbocycles. The summed E-state index contributed by atoms with van der Waals surface area (Å²) in [5.41, 5.74) is 5.68. The molecule has 0 aliphatic carbocycles. The van der Waals surface area contributed by atoms with Crippen molar-refractivity contribution in [1.29, 1.82) is 0 Å². The Hall–Kier alpha value is -1.18. The third-order valence-corrected chi connectivity index (χ3v) is 9.92. The molecule has 0 aliphatic heterocycles. The minimum Gasteiger partial charge on any atom is -0.483 e. The van der Waals surface area contributed by atoms with Gasteiger partial charge in [-0.15, -0.1) is 0 Å². The molecule has 1 atom stereocenters. The zero-order valence-corrected chi connectivity index (χ0v) is 34.0. The number of nitrogens with zero attached hydrogens (tertiary/aromatic N) is 1. The highest BCUT2D eigenvalue weighted by Gasteiger charge is 2.14. The van der Waals surface area contributed by atoms with E-state index in [4.69, 9.17) is 20.4 Å². The monoisotopic (exact) mass is 712 g/mol. The van der Waals surface area contributed by atoms with Crippen LogP contribution in [0.25, 0.3) is 0 Å². The van der Waals surface area contributed by atoms with Gasteiger partial charge in [0.05, 0.1) is 0 Å². The highest BCUT2D eigenvalue weighted by molar-refractivity contribution is 5.69. The maximum Gasteiger partial charge on any atom is 0.306 e. The van der Waals surface area contributed by atoms with E-state index in [1.807, 2.05) is 0 Å². The average Bonchev–Trinajstić information content (AvgIpc) is 3.11. The van der Waals surface area contributed by atoms with Crippen LogP contribution < -0.4 is 11.1 Å². The largest absolute Gasteiger partial charge is 0.483 e. The number of hydrogen-bond acceptors (Lipinski definition) is 6. The number of unbranched alkanes of at least 4 members (excludes halogenated alkanes) is 24. The number of hydrogen-bond donors (Lipinski definition) is 3. The highest BCUT2D eigenvalue weighted by atomic mass is 16.5. The van der Waals surface area contributed by atoms with Crippen LogP contribution >= 0.6 is 0 Å². The smallest absolute Gasteiger partial charge is 0.306 e. The summed E-state index contributed by atoms with van der Waals surface area (Å²) in [7, 11) is 0. The molecule has 0 bridgehead atoms. The maximum atomic E-state index is 12.6. The summed E-state index contributed by atoms with van der Waals surface area (Å²) in [6, 6.07) is 0. The molecule has 1 unspecified atom stereocenters. The summed E-state index contributed by atoms with van der Waals surface area (Å²) >= 11 is 0. The first-order chi connectivity index (χ1) is 24.6. The topological polar surface area (TPSA) is 105 Å². The molecule has 7 nitrogen and oxygen atoms in total. The van der Waals surface area contributed by atoms with E-state index < -0.39 is 0 Å². The third kappa shape index (κ3) is 43.0. The molecule has 50 heavy (non-hydrogen) atoms. The Bertz CT molecular complexity index is 652. The van der Waals surface area contributed by atoms with Crippen LogP contribution in [0.3, 0.4) is 0 Å². The van der Waals surface area contributed by atoms with Gasteiger partial charge >= 0.3 is 5.97 Å². The lowest BCUT2D eigenvalue weighted by atomic mass is 10.0. The SMILES string of the molecule is CCCCCCCCCCCCCCCCN(CCCCCCCC(=O)OC(CCCCCC)CCCCCCC)CCNCCN.O=CO. The summed E-state index contributed by atoms with van der Waals surface area (Å²) in [5.74, 6) is 0.0448. The fourth-order valence-electron chi connectivity index (χ4n) is 6.75. The summed E-state index contributed by atoms with van der Waals surface area (Å²) in [6.45, 7) is 12.8. The van der Waals surface area contributed by atoms with Crippen LogP contribution in [0.4, 0.5) is 0 Å². The van der Waals surface area contributed by atoms with Crippen molar-refractivity contribution in [2.24, 2.45) is 5.73 Å². The summed E-state index contributed by atoms with van der Waals surface area (Å²) in [5, 5.41) is 10.4. The van der Waals surface area contributed by atoms with E-state index in [2.05, 4.69) is 31.0 Å². The van der Waals surface area contributed by atoms with Crippen molar-refractivity contribution in [2.45, 2.75) is 226 Å². The molecule has 0 aromatic heterocycles. The lowest BCUT2D eigenvalue weighted by Gasteiger charge is -2.22. The van der Waals surface area contributed by atoms with Crippen molar-refractivity contribution < 1.29 is 19.4 Å². The van der Waals surface area contributed by atoms with Crippen LogP contribution in [0.1, 0.15) is 220 Å². The van der Waals surface area contributed by atoms with Gasteiger partial charge in [-0.05, 0) is 58.0 Å². The van der Waals surface area contributed by atoms with Crippen LogP contribution in [0.15, 0.2) is 0 Å². The van der Waals surface area contributed by atoms with Crippen molar-refractivity contribution in [1.82, 2.24) is 10.2 Å². The molecule has 0 radical (unpaired) electrons. The quantitative estimate of drug-likeness (QED) is 0.0330. The average molecular weight is 712 g/mol. The second kappa shape index (κ2) is 45.8. The van der Waals surface area contributed by atoms with Crippen LogP contribution in [0.5, 0.6) is 0 Å². The van der Waals surface area contributed by atoms with Crippen molar-refractivity contribution in [3.8, 4) is 0 Å². The van der Waals surface area contributed by atoms with Crippen LogP contribution in [-0.2, 0) is 14.3 Å². The first-order valence-corrected chi connectivity index (χ1v) is 22.0. The Kier molecular flexibility index (Phi) is 46.7. The third-order valence-electron chi connectivity index (χ3n) is 9.92. The van der Waals surface area contributed by atoms with E-state index >= 15 is 0 Å². The maximum absolute atomic E-state index is 12.6. The van der Waals surface area contributed by atoms with E-state index in [0.29, 0.717) is 13.0 Å². The van der Waals surface area contributed by atoms with Gasteiger partial charge in [0, 0.05) is 32.6 Å². The summed E-state index contributed by atoms with van der Waals surface area (Å²) < 4.78 is 5.99. The molecule has 0 rings (SSSR count). The molecular weight excluding hydrogens is 622 g/mol. The van der Waals surface area contributed by atoms with Gasteiger partial charge in [-0.25, -0.2) is 0 Å². The first kappa shape index (κ1) is 50.9. The minimum absolute atomic E-state index is 0.0448. The number of esters is 1. The predicted molar refractivity (Wildman–Crippen MR) is 217 cm³/mol. The van der Waals surface area contributed by atoms with Crippen molar-refractivity contribution in [3.63, 3.8) is 0 Å². The standard InChI is InChI=1S/C42H87N3O2.CH2O2/c1-4-7-10-13-14-15-16-17-18-19-20-21-25-30-38-45(40-37-44-36-35-43)39-31-26-22-24-29-34-42(46)47-41(32-27-12-9-6-3)33-28-23-11-8-5-2;2-1-3/h41,44H,4-40,43H2,1-3H3;1H,(H,2,3). The molecule has 0 amide bonds. The van der Waals surface area contributed by atoms with E-state index in [1.54, 1.807) is 0 Å². The molecule has 0 spiro atoms. The zero-order chi connectivity index (χ0) is 37.0. The Morgan fingerprint density at radius 2 is 0.940 bits per heavy atom. The van der Waals surface area contributed by atoms with Gasteiger partial charge in [-0.3, -0.25) is 9.59 Å². The fraction of sp³-hybridized carbons (Fsp3) is 0.953. The number of rotatable bonds is 40. The number of carboxylic acid groups (broad SMARTS) is 1. The van der Waals surface area contributed by atoms with Crippen LogP contribution in [-0.4, -0.2) is 67.8 Å². The van der Waals surface area contributed by atoms with Crippen LogP contribution in [0.2, 0.25) is 0 Å². The second-order valence-corrected chi connectivity index (χ2v) is 14.8. The molecule has 0 aliphatic rings. The first-order valence-electron chi connectivity index (χ1n) is 22.0. The molecule has 0 saturated carbocycles. The molecule has 0 aromatic rings. The van der Waals surface area contributed by atoms with E-state index in [9.17, 15) is 4.79 Å². The number of carbonyl (C=O) groups excluding carboxylic acids is 1. The Labute approximate surface area is 312 Å². The van der Waals surface area contributed by atoms with Gasteiger partial charge < -0.3 is 25.8 Å². The molecule has 0 fully saturated rings. The molecule has 7 heteroatoms. The minimum atomic E-state index is -0.250. The molecule has 0 saturated heterocycles. The molecular formula is C43H89N3O4. The van der Waals surface area contributed by atoms with Gasteiger partial charge in [0.25, 0.3) is 6.47 Å². The van der Waals surface area contributed by atoms with E-state index in [-0.39, 0.29) is 18.5 Å². The molecule has 4 N–H and O–H groups in total. The van der Waals surface area contributed by atoms with E-state index in [0.717, 1.165) is 45.3 Å². The molecule has 0 heterocycles. The van der Waals surface area contributed by atoms with Gasteiger partial charge in [-0.2, -0.15) is 0 Å². The normalized spacial score (nSPS) is 11.8. The van der Waals surface area contributed by atoms with Crippen molar-refractivity contribution in [2.75, 3.05) is 39.3 Å². The number of nitrogens with two attached hydrogens (primary N) is 1. The summed E-state index contributed by atoms with van der Waals surface area (Å²) in [4.78, 5) is 23.7. The lowest BCUT2D eigenvalue weighted by Crippen LogP contribution is -2.35. The second-order valence-electron chi connectivity index (χ2n) is 14.8. The molecule has 300 valence electrons. The van der Waals surface area contributed by atoms with Gasteiger partial charge in [-0.1, -0.05) is 168 Å². The Morgan fingerprint density at radius 1 is 0.580 bits per heavy atom. The van der Waals surface area contributed by atoms with Gasteiger partial charge in [0.2, 0.25) is 0 Å². The Morgan fingerprint density at radius 3 is 1.36 bits per heavy atom. The lowest BCUT2D eigenvalue weighted by molar-refractivity contribution is -0.150. The van der Waals surface area contributed by atoms with Crippen molar-refractivity contribution in [3.05, 3.63) is 0 Å². The highest BCUT2D eigenvalue weighted by Crippen LogP contribution is 2.18. The predicted octanol–water partition coefficient (Wildman–Crippen LogP) is 11.6. The zero-order valence-electron chi connectivity index (χ0n) is 34.0. The number of nitrogens with one attached hydrogen (secondary N) is 1. The number of ether oxygens (including phenoxy) is 1. The fourth-order valence-corrected chi connectivity index (χ4v) is 6.75. The van der Waals surface area contributed by atoms with E-state index in [1.165, 1.54) is 180 Å².